The molecule has 0 unspecified atom stereocenters. The first kappa shape index (κ1) is 22.8. The highest BCUT2D eigenvalue weighted by atomic mass is 32.2. The summed E-state index contributed by atoms with van der Waals surface area (Å²) in [5, 5.41) is 9.51. The molecule has 0 fully saturated rings. The molecule has 0 aliphatic heterocycles. The quantitative estimate of drug-likeness (QED) is 0.197. The Hall–Kier alpha value is -3.97. The fourth-order valence-electron chi connectivity index (χ4n) is 4.19. The zero-order valence-corrected chi connectivity index (χ0v) is 20.2. The van der Waals surface area contributed by atoms with Gasteiger partial charge < -0.3 is 4.57 Å². The van der Waals surface area contributed by atoms with Gasteiger partial charge in [0.1, 0.15) is 5.82 Å². The van der Waals surface area contributed by atoms with Crippen LogP contribution in [0.15, 0.2) is 96.2 Å². The third kappa shape index (κ3) is 4.55. The number of nitrogens with zero attached hydrogens (tertiary/aromatic N) is 4. The zero-order valence-electron chi connectivity index (χ0n) is 19.4. The van der Waals surface area contributed by atoms with Gasteiger partial charge in [-0.3, -0.25) is 9.36 Å². The minimum absolute atomic E-state index is 0.000310. The van der Waals surface area contributed by atoms with Gasteiger partial charge in [-0.1, -0.05) is 60.3 Å². The van der Waals surface area contributed by atoms with Crippen LogP contribution in [0.4, 0.5) is 4.39 Å². The van der Waals surface area contributed by atoms with Crippen LogP contribution in [0.3, 0.4) is 0 Å². The van der Waals surface area contributed by atoms with E-state index >= 15 is 0 Å². The van der Waals surface area contributed by atoms with E-state index in [9.17, 15) is 9.18 Å². The lowest BCUT2D eigenvalue weighted by molar-refractivity contribution is 0.102. The molecule has 0 N–H and O–H groups in total. The number of thioether (sulfide) groups is 1. The normalized spacial score (nSPS) is 11.1. The van der Waals surface area contributed by atoms with Crippen LogP contribution in [0.1, 0.15) is 21.7 Å². The first-order chi connectivity index (χ1) is 17.0. The Morgan fingerprint density at radius 3 is 2.14 bits per heavy atom. The molecule has 2 heterocycles. The highest BCUT2D eigenvalue weighted by Gasteiger charge is 2.20. The molecule has 174 valence electrons. The molecule has 5 rings (SSSR count). The number of aryl methyl sites for hydroxylation is 1. The van der Waals surface area contributed by atoms with E-state index in [1.165, 1.54) is 23.9 Å². The Morgan fingerprint density at radius 2 is 1.46 bits per heavy atom. The van der Waals surface area contributed by atoms with E-state index in [4.69, 9.17) is 0 Å². The van der Waals surface area contributed by atoms with Crippen LogP contribution in [0.25, 0.3) is 22.8 Å². The van der Waals surface area contributed by atoms with Crippen molar-refractivity contribution >= 4 is 17.5 Å². The van der Waals surface area contributed by atoms with Crippen LogP contribution in [0.2, 0.25) is 0 Å². The second kappa shape index (κ2) is 9.72. The van der Waals surface area contributed by atoms with Gasteiger partial charge in [-0.15, -0.1) is 10.2 Å². The predicted molar refractivity (Wildman–Crippen MR) is 137 cm³/mol. The maximum absolute atomic E-state index is 13.4. The summed E-state index contributed by atoms with van der Waals surface area (Å²) in [5.74, 6) is 0.649. The number of carbonyl (C=O) groups excluding carboxylic acids is 1. The number of para-hydroxylation sites is 1. The van der Waals surface area contributed by atoms with Crippen LogP contribution in [-0.4, -0.2) is 30.9 Å². The maximum atomic E-state index is 13.4. The Kier molecular flexibility index (Phi) is 6.33. The summed E-state index contributed by atoms with van der Waals surface area (Å²) in [6, 6.07) is 27.9. The second-order valence-electron chi connectivity index (χ2n) is 8.15. The van der Waals surface area contributed by atoms with Crippen LogP contribution in [-0.2, 0) is 0 Å². The topological polar surface area (TPSA) is 52.7 Å². The molecule has 0 spiro atoms. The van der Waals surface area contributed by atoms with E-state index in [2.05, 4.69) is 10.2 Å². The van der Waals surface area contributed by atoms with Gasteiger partial charge in [-0.2, -0.15) is 0 Å². The molecule has 0 radical (unpaired) electrons. The Labute approximate surface area is 207 Å². The molecule has 0 saturated carbocycles. The van der Waals surface area contributed by atoms with Crippen molar-refractivity contribution in [2.75, 3.05) is 5.75 Å². The number of ketones is 1. The highest BCUT2D eigenvalue weighted by molar-refractivity contribution is 7.99. The Morgan fingerprint density at radius 1 is 0.829 bits per heavy atom. The third-order valence-corrected chi connectivity index (χ3v) is 6.76. The average molecular weight is 483 g/mol. The maximum Gasteiger partial charge on any atom is 0.196 e. The predicted octanol–water partition coefficient (Wildman–Crippen LogP) is 6.46. The standard InChI is InChI=1S/C28H23FN4OS/c1-19-17-25(20(2)32(19)24-15-13-22(29)14-16-24)26(34)18-35-28-31-30-27(21-9-5-3-6-10-21)33(28)23-11-7-4-8-12-23/h3-17H,18H2,1-2H3. The summed E-state index contributed by atoms with van der Waals surface area (Å²) >= 11 is 1.36. The molecule has 0 bridgehead atoms. The lowest BCUT2D eigenvalue weighted by atomic mass is 10.2. The van der Waals surface area contributed by atoms with Crippen molar-refractivity contribution in [2.24, 2.45) is 0 Å². The van der Waals surface area contributed by atoms with Crippen molar-refractivity contribution < 1.29 is 9.18 Å². The van der Waals surface area contributed by atoms with E-state index in [0.717, 1.165) is 34.2 Å². The molecular weight excluding hydrogens is 459 g/mol. The fraction of sp³-hybridized carbons (Fsp3) is 0.107. The van der Waals surface area contributed by atoms with Crippen LogP contribution >= 0.6 is 11.8 Å². The van der Waals surface area contributed by atoms with Gasteiger partial charge in [0.2, 0.25) is 0 Å². The molecule has 35 heavy (non-hydrogen) atoms. The van der Waals surface area contributed by atoms with Crippen molar-refractivity contribution in [1.29, 1.82) is 0 Å². The Bertz CT molecular complexity index is 1480. The highest BCUT2D eigenvalue weighted by Crippen LogP contribution is 2.29. The van der Waals surface area contributed by atoms with Gasteiger partial charge in [0.15, 0.2) is 16.8 Å². The van der Waals surface area contributed by atoms with Crippen molar-refractivity contribution in [2.45, 2.75) is 19.0 Å². The minimum atomic E-state index is -0.290. The largest absolute Gasteiger partial charge is 0.318 e. The summed E-state index contributed by atoms with van der Waals surface area (Å²) in [5.41, 5.74) is 5.10. The van der Waals surface area contributed by atoms with E-state index in [0.29, 0.717) is 10.7 Å². The number of halogens is 1. The van der Waals surface area contributed by atoms with Crippen LogP contribution < -0.4 is 0 Å². The van der Waals surface area contributed by atoms with Gasteiger partial charge in [0.05, 0.1) is 5.75 Å². The van der Waals surface area contributed by atoms with Crippen molar-refractivity contribution in [3.8, 4) is 22.8 Å². The fourth-order valence-corrected chi connectivity index (χ4v) is 5.02. The molecule has 0 atom stereocenters. The van der Waals surface area contributed by atoms with Crippen LogP contribution in [0, 0.1) is 19.7 Å². The zero-order chi connectivity index (χ0) is 24.4. The Balaban J connectivity index is 1.44. The molecule has 2 aromatic heterocycles. The number of hydrogen-bond donors (Lipinski definition) is 0. The lowest BCUT2D eigenvalue weighted by Gasteiger charge is -2.11. The number of aromatic nitrogens is 4. The lowest BCUT2D eigenvalue weighted by Crippen LogP contribution is -2.07. The molecule has 5 aromatic rings. The van der Waals surface area contributed by atoms with Gasteiger partial charge in [0, 0.05) is 33.9 Å². The number of hydrogen-bond acceptors (Lipinski definition) is 4. The number of carbonyl (C=O) groups is 1. The summed E-state index contributed by atoms with van der Waals surface area (Å²) in [7, 11) is 0. The number of Topliss-reactive ketones (excluding diaryl/α,β-unsaturated/α-hetero) is 1. The molecule has 3 aromatic carbocycles. The molecule has 0 aliphatic carbocycles. The SMILES string of the molecule is Cc1cc(C(=O)CSc2nnc(-c3ccccc3)n2-c2ccccc2)c(C)n1-c1ccc(F)cc1. The molecule has 0 saturated heterocycles. The molecular formula is C28H23FN4OS. The minimum Gasteiger partial charge on any atom is -0.318 e. The van der Waals surface area contributed by atoms with E-state index < -0.39 is 0 Å². The van der Waals surface area contributed by atoms with Crippen molar-refractivity contribution in [3.63, 3.8) is 0 Å². The monoisotopic (exact) mass is 482 g/mol. The molecule has 0 amide bonds. The summed E-state index contributed by atoms with van der Waals surface area (Å²) in [6.07, 6.45) is 0. The molecule has 0 aliphatic rings. The summed E-state index contributed by atoms with van der Waals surface area (Å²) in [6.45, 7) is 3.85. The average Bonchev–Trinajstić information content (AvgIpc) is 3.44. The first-order valence-corrected chi connectivity index (χ1v) is 12.2. The van der Waals surface area contributed by atoms with E-state index in [-0.39, 0.29) is 17.4 Å². The molecule has 7 heteroatoms. The van der Waals surface area contributed by atoms with Gasteiger partial charge >= 0.3 is 0 Å². The number of rotatable bonds is 7. The third-order valence-electron chi connectivity index (χ3n) is 5.83. The van der Waals surface area contributed by atoms with Crippen molar-refractivity contribution in [1.82, 2.24) is 19.3 Å². The summed E-state index contributed by atoms with van der Waals surface area (Å²) in [4.78, 5) is 13.3. The first-order valence-electron chi connectivity index (χ1n) is 11.2. The number of benzene rings is 3. The van der Waals surface area contributed by atoms with Crippen LogP contribution in [0.5, 0.6) is 0 Å². The molecule has 5 nitrogen and oxygen atoms in total. The van der Waals surface area contributed by atoms with Gasteiger partial charge in [-0.25, -0.2) is 4.39 Å². The second-order valence-corrected chi connectivity index (χ2v) is 9.09. The van der Waals surface area contributed by atoms with E-state index in [1.54, 1.807) is 12.1 Å². The smallest absolute Gasteiger partial charge is 0.196 e. The van der Waals surface area contributed by atoms with E-state index in [1.807, 2.05) is 89.7 Å². The van der Waals surface area contributed by atoms with Gasteiger partial charge in [0.25, 0.3) is 0 Å². The van der Waals surface area contributed by atoms with Crippen molar-refractivity contribution in [3.05, 3.63) is 114 Å². The summed E-state index contributed by atoms with van der Waals surface area (Å²) < 4.78 is 17.3. The van der Waals surface area contributed by atoms with Gasteiger partial charge in [-0.05, 0) is 56.3 Å².